The highest BCUT2D eigenvalue weighted by Gasteiger charge is 2.18. The fraction of sp³-hybridized carbons (Fsp3) is 0.400. The van der Waals surface area contributed by atoms with Gasteiger partial charge in [0.15, 0.2) is 0 Å². The van der Waals surface area contributed by atoms with E-state index < -0.39 is 5.97 Å². The molecule has 3 rings (SSSR count). The predicted octanol–water partition coefficient (Wildman–Crippen LogP) is 1.21. The summed E-state index contributed by atoms with van der Waals surface area (Å²) >= 11 is 0. The van der Waals surface area contributed by atoms with Crippen molar-refractivity contribution in [2.45, 2.75) is 6.42 Å². The van der Waals surface area contributed by atoms with E-state index in [-0.39, 0.29) is 5.91 Å². The summed E-state index contributed by atoms with van der Waals surface area (Å²) in [6.07, 6.45) is 4.39. The van der Waals surface area contributed by atoms with Crippen LogP contribution in [0.25, 0.3) is 0 Å². The van der Waals surface area contributed by atoms with Crippen molar-refractivity contribution in [3.05, 3.63) is 53.9 Å². The van der Waals surface area contributed by atoms with Gasteiger partial charge in [-0.05, 0) is 37.2 Å². The lowest BCUT2D eigenvalue weighted by Gasteiger charge is -2.34. The average molecular weight is 383 g/mol. The molecule has 0 atom stereocenters. The van der Waals surface area contributed by atoms with Crippen LogP contribution < -0.4 is 10.2 Å². The van der Waals surface area contributed by atoms with Crippen molar-refractivity contribution in [1.82, 2.24) is 20.2 Å². The first-order chi connectivity index (χ1) is 13.7. The number of carbonyl (C=O) groups excluding carboxylic acids is 2. The van der Waals surface area contributed by atoms with Gasteiger partial charge in [0.1, 0.15) is 0 Å². The first-order valence-electron chi connectivity index (χ1n) is 9.38. The molecule has 0 saturated carbocycles. The quantitative estimate of drug-likeness (QED) is 0.568. The molecule has 148 valence electrons. The Bertz CT molecular complexity index is 791. The van der Waals surface area contributed by atoms with Crippen molar-refractivity contribution < 1.29 is 14.3 Å². The van der Waals surface area contributed by atoms with Gasteiger partial charge in [0.05, 0.1) is 12.7 Å². The molecule has 1 aliphatic rings. The Morgan fingerprint density at radius 3 is 2.50 bits per heavy atom. The van der Waals surface area contributed by atoms with Crippen molar-refractivity contribution in [1.29, 1.82) is 0 Å². The number of benzene rings is 1. The average Bonchev–Trinajstić information content (AvgIpc) is 2.77. The van der Waals surface area contributed by atoms with Gasteiger partial charge in [-0.3, -0.25) is 9.69 Å². The number of carbonyl (C=O) groups is 2. The lowest BCUT2D eigenvalue weighted by molar-refractivity contribution is 0.0600. The minimum atomic E-state index is -0.449. The van der Waals surface area contributed by atoms with Gasteiger partial charge in [0.2, 0.25) is 5.95 Å². The molecule has 2 heterocycles. The number of piperazine rings is 1. The molecule has 1 aromatic heterocycles. The van der Waals surface area contributed by atoms with Gasteiger partial charge >= 0.3 is 5.97 Å². The lowest BCUT2D eigenvalue weighted by atomic mass is 10.1. The standard InChI is InChI=1S/C20H25N5O3/c1-28-19(27)17-6-2-5-16(15-17)18(26)21-9-4-10-24-11-13-25(14-12-24)20-22-7-3-8-23-20/h2-3,5-8,15H,4,9-14H2,1H3,(H,21,26). The zero-order valence-corrected chi connectivity index (χ0v) is 16.0. The lowest BCUT2D eigenvalue weighted by Crippen LogP contribution is -2.47. The molecular formula is C20H25N5O3. The first kappa shape index (κ1) is 19.8. The van der Waals surface area contributed by atoms with Crippen molar-refractivity contribution in [3.8, 4) is 0 Å². The number of esters is 1. The summed E-state index contributed by atoms with van der Waals surface area (Å²) in [7, 11) is 1.32. The number of amides is 1. The van der Waals surface area contributed by atoms with E-state index in [0.717, 1.165) is 45.1 Å². The maximum Gasteiger partial charge on any atom is 0.337 e. The van der Waals surface area contributed by atoms with E-state index in [1.807, 2.05) is 6.07 Å². The second-order valence-electron chi connectivity index (χ2n) is 6.56. The van der Waals surface area contributed by atoms with Crippen LogP contribution in [0, 0.1) is 0 Å². The van der Waals surface area contributed by atoms with Crippen LogP contribution in [-0.2, 0) is 4.74 Å². The van der Waals surface area contributed by atoms with Crippen molar-refractivity contribution >= 4 is 17.8 Å². The number of ether oxygens (including phenoxy) is 1. The Morgan fingerprint density at radius 1 is 1.07 bits per heavy atom. The van der Waals surface area contributed by atoms with Crippen LogP contribution >= 0.6 is 0 Å². The van der Waals surface area contributed by atoms with E-state index in [1.54, 1.807) is 36.7 Å². The minimum absolute atomic E-state index is 0.184. The zero-order valence-electron chi connectivity index (χ0n) is 16.0. The molecule has 0 spiro atoms. The molecular weight excluding hydrogens is 358 g/mol. The SMILES string of the molecule is COC(=O)c1cccc(C(=O)NCCCN2CCN(c3ncccn3)CC2)c1. The number of aromatic nitrogens is 2. The smallest absolute Gasteiger partial charge is 0.337 e. The van der Waals surface area contributed by atoms with Gasteiger partial charge in [0, 0.05) is 50.7 Å². The van der Waals surface area contributed by atoms with E-state index in [1.165, 1.54) is 7.11 Å². The molecule has 0 bridgehead atoms. The Hall–Kier alpha value is -3.00. The summed E-state index contributed by atoms with van der Waals surface area (Å²) in [5.74, 6) is 0.148. The van der Waals surface area contributed by atoms with E-state index in [9.17, 15) is 9.59 Å². The molecule has 1 fully saturated rings. The van der Waals surface area contributed by atoms with Crippen LogP contribution in [0.5, 0.6) is 0 Å². The molecule has 1 saturated heterocycles. The summed E-state index contributed by atoms with van der Waals surface area (Å²) in [6, 6.07) is 8.36. The van der Waals surface area contributed by atoms with Gasteiger partial charge in [-0.25, -0.2) is 14.8 Å². The molecule has 2 aromatic rings. The summed E-state index contributed by atoms with van der Waals surface area (Å²) in [5.41, 5.74) is 0.829. The third kappa shape index (κ3) is 5.26. The minimum Gasteiger partial charge on any atom is -0.465 e. The molecule has 1 N–H and O–H groups in total. The van der Waals surface area contributed by atoms with E-state index in [0.29, 0.717) is 17.7 Å². The van der Waals surface area contributed by atoms with E-state index in [4.69, 9.17) is 0 Å². The Balaban J connectivity index is 1.37. The van der Waals surface area contributed by atoms with E-state index >= 15 is 0 Å². The Morgan fingerprint density at radius 2 is 1.79 bits per heavy atom. The van der Waals surface area contributed by atoms with Crippen LogP contribution in [0.1, 0.15) is 27.1 Å². The number of nitrogens with zero attached hydrogens (tertiary/aromatic N) is 4. The van der Waals surface area contributed by atoms with Crippen LogP contribution in [0.3, 0.4) is 0 Å². The normalized spacial score (nSPS) is 14.5. The highest BCUT2D eigenvalue weighted by atomic mass is 16.5. The van der Waals surface area contributed by atoms with Crippen molar-refractivity contribution in [2.75, 3.05) is 51.3 Å². The van der Waals surface area contributed by atoms with Crippen molar-refractivity contribution in [2.24, 2.45) is 0 Å². The van der Waals surface area contributed by atoms with E-state index in [2.05, 4.69) is 29.8 Å². The fourth-order valence-electron chi connectivity index (χ4n) is 3.14. The number of methoxy groups -OCH3 is 1. The number of hydrogen-bond donors (Lipinski definition) is 1. The summed E-state index contributed by atoms with van der Waals surface area (Å²) in [4.78, 5) is 37.0. The third-order valence-electron chi connectivity index (χ3n) is 4.69. The maximum atomic E-state index is 12.3. The predicted molar refractivity (Wildman–Crippen MR) is 105 cm³/mol. The zero-order chi connectivity index (χ0) is 19.8. The molecule has 1 amide bonds. The number of hydrogen-bond acceptors (Lipinski definition) is 7. The Labute approximate surface area is 164 Å². The monoisotopic (exact) mass is 383 g/mol. The fourth-order valence-corrected chi connectivity index (χ4v) is 3.14. The molecule has 0 radical (unpaired) electrons. The molecule has 0 aliphatic carbocycles. The first-order valence-corrected chi connectivity index (χ1v) is 9.38. The summed E-state index contributed by atoms with van der Waals surface area (Å²) < 4.78 is 4.69. The second kappa shape index (κ2) is 9.80. The highest BCUT2D eigenvalue weighted by Crippen LogP contribution is 2.10. The van der Waals surface area contributed by atoms with Crippen LogP contribution in [-0.4, -0.2) is 73.1 Å². The maximum absolute atomic E-state index is 12.3. The molecule has 8 nitrogen and oxygen atoms in total. The van der Waals surface area contributed by atoms with Crippen LogP contribution in [0.2, 0.25) is 0 Å². The second-order valence-corrected chi connectivity index (χ2v) is 6.56. The molecule has 1 aromatic carbocycles. The molecule has 0 unspecified atom stereocenters. The highest BCUT2D eigenvalue weighted by molar-refractivity contribution is 5.97. The number of rotatable bonds is 7. The summed E-state index contributed by atoms with van der Waals surface area (Å²) in [5, 5.41) is 2.91. The van der Waals surface area contributed by atoms with Gasteiger partial charge < -0.3 is 15.0 Å². The van der Waals surface area contributed by atoms with Crippen molar-refractivity contribution in [3.63, 3.8) is 0 Å². The Kier molecular flexibility index (Phi) is 6.91. The van der Waals surface area contributed by atoms with Crippen LogP contribution in [0.4, 0.5) is 5.95 Å². The topological polar surface area (TPSA) is 87.7 Å². The summed E-state index contributed by atoms with van der Waals surface area (Å²) in [6.45, 7) is 5.21. The van der Waals surface area contributed by atoms with Gasteiger partial charge in [0.25, 0.3) is 5.91 Å². The van der Waals surface area contributed by atoms with Gasteiger partial charge in [-0.1, -0.05) is 6.07 Å². The molecule has 8 heteroatoms. The third-order valence-corrected chi connectivity index (χ3v) is 4.69. The number of nitrogens with one attached hydrogen (secondary N) is 1. The molecule has 28 heavy (non-hydrogen) atoms. The van der Waals surface area contributed by atoms with Gasteiger partial charge in [-0.15, -0.1) is 0 Å². The largest absolute Gasteiger partial charge is 0.465 e. The number of anilines is 1. The van der Waals surface area contributed by atoms with Crippen LogP contribution in [0.15, 0.2) is 42.7 Å². The van der Waals surface area contributed by atoms with Gasteiger partial charge in [-0.2, -0.15) is 0 Å². The molecule has 1 aliphatic heterocycles.